The quantitative estimate of drug-likeness (QED) is 0.468. The molecule has 2 aromatic carbocycles. The molecule has 0 aromatic heterocycles. The third-order valence-electron chi connectivity index (χ3n) is 6.12. The number of likely N-dealkylation sites (N-methyl/N-ethyl adjacent to an activating group) is 1. The summed E-state index contributed by atoms with van der Waals surface area (Å²) in [5, 5.41) is 4.22. The van der Waals surface area contributed by atoms with E-state index < -0.39 is 0 Å². The second-order valence-corrected chi connectivity index (χ2v) is 8.23. The maximum absolute atomic E-state index is 12.6. The molecule has 174 valence electrons. The summed E-state index contributed by atoms with van der Waals surface area (Å²) in [7, 11) is 3.33. The van der Waals surface area contributed by atoms with Crippen LogP contribution in [0.3, 0.4) is 0 Å². The van der Waals surface area contributed by atoms with E-state index in [1.165, 1.54) is 5.56 Å². The highest BCUT2D eigenvalue weighted by Crippen LogP contribution is 2.47. The van der Waals surface area contributed by atoms with Crippen LogP contribution in [0.15, 0.2) is 41.5 Å². The maximum atomic E-state index is 12.6. The number of amides is 2. The van der Waals surface area contributed by atoms with Crippen molar-refractivity contribution in [2.75, 3.05) is 27.5 Å². The average molecular weight is 452 g/mol. The Morgan fingerprint density at radius 1 is 1.27 bits per heavy atom. The van der Waals surface area contributed by atoms with E-state index in [-0.39, 0.29) is 30.4 Å². The van der Waals surface area contributed by atoms with Crippen LogP contribution in [0.4, 0.5) is 0 Å². The molecule has 8 nitrogen and oxygen atoms in total. The van der Waals surface area contributed by atoms with Gasteiger partial charge in [-0.15, -0.1) is 0 Å². The van der Waals surface area contributed by atoms with Gasteiger partial charge in [0, 0.05) is 31.5 Å². The minimum atomic E-state index is -0.102. The van der Waals surface area contributed by atoms with Gasteiger partial charge in [-0.2, -0.15) is 5.10 Å². The third kappa shape index (κ3) is 4.94. The van der Waals surface area contributed by atoms with E-state index in [4.69, 9.17) is 14.2 Å². The van der Waals surface area contributed by atoms with Crippen LogP contribution < -0.4 is 19.6 Å². The highest BCUT2D eigenvalue weighted by atomic mass is 16.7. The minimum absolute atomic E-state index is 0.0718. The predicted octanol–water partition coefficient (Wildman–Crippen LogP) is 3.09. The van der Waals surface area contributed by atoms with E-state index in [1.807, 2.05) is 43.3 Å². The Kier molecular flexibility index (Phi) is 6.82. The number of benzene rings is 2. The van der Waals surface area contributed by atoms with Gasteiger partial charge in [0.2, 0.25) is 24.4 Å². The van der Waals surface area contributed by atoms with Gasteiger partial charge >= 0.3 is 0 Å². The van der Waals surface area contributed by atoms with Gasteiger partial charge < -0.3 is 19.1 Å². The molecule has 4 rings (SSSR count). The maximum Gasteiger partial charge on any atom is 0.243 e. The van der Waals surface area contributed by atoms with Gasteiger partial charge in [0.1, 0.15) is 0 Å². The van der Waals surface area contributed by atoms with Crippen molar-refractivity contribution >= 4 is 18.0 Å². The molecule has 2 amide bonds. The van der Waals surface area contributed by atoms with Crippen LogP contribution >= 0.6 is 0 Å². The number of methoxy groups -OCH3 is 1. The van der Waals surface area contributed by atoms with Gasteiger partial charge in [-0.05, 0) is 36.0 Å². The van der Waals surface area contributed by atoms with Gasteiger partial charge in [0.15, 0.2) is 11.5 Å². The fourth-order valence-electron chi connectivity index (χ4n) is 4.11. The first-order chi connectivity index (χ1) is 16.0. The van der Waals surface area contributed by atoms with E-state index in [9.17, 15) is 9.59 Å². The molecule has 0 bridgehead atoms. The van der Waals surface area contributed by atoms with Gasteiger partial charge in [-0.25, -0.2) is 5.43 Å². The summed E-state index contributed by atoms with van der Waals surface area (Å²) in [5.41, 5.74) is 5.42. The Labute approximate surface area is 193 Å². The van der Waals surface area contributed by atoms with Crippen LogP contribution in [-0.2, 0) is 16.0 Å². The molecule has 0 saturated heterocycles. The summed E-state index contributed by atoms with van der Waals surface area (Å²) in [5.74, 6) is 1.74. The average Bonchev–Trinajstić information content (AvgIpc) is 3.52. The van der Waals surface area contributed by atoms with Crippen LogP contribution in [0.2, 0.25) is 0 Å². The van der Waals surface area contributed by atoms with Crippen molar-refractivity contribution in [3.05, 3.63) is 53.1 Å². The third-order valence-corrected chi connectivity index (χ3v) is 6.12. The van der Waals surface area contributed by atoms with Gasteiger partial charge in [-0.1, -0.05) is 37.3 Å². The zero-order chi connectivity index (χ0) is 23.4. The lowest BCUT2D eigenvalue weighted by molar-refractivity contribution is -0.129. The van der Waals surface area contributed by atoms with E-state index in [1.54, 1.807) is 25.3 Å². The highest BCUT2D eigenvalue weighted by Gasteiger charge is 2.43. The summed E-state index contributed by atoms with van der Waals surface area (Å²) < 4.78 is 16.7. The molecule has 8 heteroatoms. The summed E-state index contributed by atoms with van der Waals surface area (Å²) in [6.45, 7) is 2.48. The number of hydrazone groups is 1. The molecule has 2 aliphatic rings. The molecule has 33 heavy (non-hydrogen) atoms. The molecular formula is C25H29N3O5. The van der Waals surface area contributed by atoms with Crippen LogP contribution in [0.1, 0.15) is 42.4 Å². The van der Waals surface area contributed by atoms with Gasteiger partial charge in [0.05, 0.1) is 13.3 Å². The van der Waals surface area contributed by atoms with Crippen LogP contribution in [-0.4, -0.2) is 50.4 Å². The first-order valence-electron chi connectivity index (χ1n) is 11.1. The molecule has 1 fully saturated rings. The molecule has 2 atom stereocenters. The smallest absolute Gasteiger partial charge is 0.243 e. The highest BCUT2D eigenvalue weighted by molar-refractivity contribution is 5.90. The van der Waals surface area contributed by atoms with Crippen molar-refractivity contribution in [3.8, 4) is 17.2 Å². The summed E-state index contributed by atoms with van der Waals surface area (Å²) >= 11 is 0. The number of hydrogen-bond donors (Lipinski definition) is 1. The van der Waals surface area contributed by atoms with Crippen LogP contribution in [0, 0.1) is 5.92 Å². The van der Waals surface area contributed by atoms with Crippen molar-refractivity contribution in [2.45, 2.75) is 32.1 Å². The normalized spacial score (nSPS) is 18.3. The number of rotatable bonds is 9. The summed E-state index contributed by atoms with van der Waals surface area (Å²) in [4.78, 5) is 26.2. The van der Waals surface area contributed by atoms with Crippen molar-refractivity contribution in [1.29, 1.82) is 0 Å². The van der Waals surface area contributed by atoms with Crippen molar-refractivity contribution in [3.63, 3.8) is 0 Å². The van der Waals surface area contributed by atoms with E-state index >= 15 is 0 Å². The monoisotopic (exact) mass is 451 g/mol. The number of carbonyl (C=O) groups is 2. The molecule has 1 saturated carbocycles. The van der Waals surface area contributed by atoms with Gasteiger partial charge in [0.25, 0.3) is 0 Å². The lowest BCUT2D eigenvalue weighted by atomic mass is 10.0. The fourth-order valence-corrected chi connectivity index (χ4v) is 4.11. The van der Waals surface area contributed by atoms with E-state index in [2.05, 4.69) is 10.5 Å². The van der Waals surface area contributed by atoms with Gasteiger partial charge in [-0.3, -0.25) is 9.59 Å². The number of hydrogen-bond acceptors (Lipinski definition) is 6. The molecule has 1 aliphatic carbocycles. The SMILES string of the molecule is CCC(=O)N(C)CCc1cc2c(c(OC)c1/C=N/NC(=O)[C@H]1C[C@@H]1c1ccccc1)OCO2. The Morgan fingerprint density at radius 3 is 2.79 bits per heavy atom. The largest absolute Gasteiger partial charge is 0.492 e. The Bertz CT molecular complexity index is 1050. The molecule has 0 radical (unpaired) electrons. The summed E-state index contributed by atoms with van der Waals surface area (Å²) in [6, 6.07) is 11.9. The van der Waals surface area contributed by atoms with E-state index in [0.29, 0.717) is 42.2 Å². The zero-order valence-electron chi connectivity index (χ0n) is 19.2. The second kappa shape index (κ2) is 9.94. The number of fused-ring (bicyclic) bond motifs is 1. The van der Waals surface area contributed by atoms with Crippen LogP contribution in [0.25, 0.3) is 0 Å². The molecule has 2 aromatic rings. The van der Waals surface area contributed by atoms with Crippen LogP contribution in [0.5, 0.6) is 17.2 Å². The lowest BCUT2D eigenvalue weighted by Crippen LogP contribution is -2.28. The molecule has 1 aliphatic heterocycles. The number of nitrogens with zero attached hydrogens (tertiary/aromatic N) is 2. The zero-order valence-corrected chi connectivity index (χ0v) is 19.2. The predicted molar refractivity (Wildman–Crippen MR) is 124 cm³/mol. The van der Waals surface area contributed by atoms with Crippen molar-refractivity contribution in [1.82, 2.24) is 10.3 Å². The number of ether oxygens (including phenoxy) is 3. The number of nitrogens with one attached hydrogen (secondary N) is 1. The first-order valence-corrected chi connectivity index (χ1v) is 11.1. The van der Waals surface area contributed by atoms with Crippen molar-refractivity contribution < 1.29 is 23.8 Å². The molecular weight excluding hydrogens is 422 g/mol. The minimum Gasteiger partial charge on any atom is -0.492 e. The molecule has 1 N–H and O–H groups in total. The molecule has 0 unspecified atom stereocenters. The second-order valence-electron chi connectivity index (χ2n) is 8.23. The topological polar surface area (TPSA) is 89.5 Å². The van der Waals surface area contributed by atoms with E-state index in [0.717, 1.165) is 12.0 Å². The Hall–Kier alpha value is -3.55. The molecule has 1 heterocycles. The Morgan fingerprint density at radius 2 is 2.06 bits per heavy atom. The molecule has 0 spiro atoms. The standard InChI is InChI=1S/C25H29N3O5/c1-4-22(29)28(2)11-10-17-12-21-24(33-15-32-21)23(31-3)20(17)14-26-27-25(30)19-13-18(19)16-8-6-5-7-9-16/h5-9,12,14,18-19H,4,10-11,13,15H2,1-3H3,(H,27,30)/b26-14+/t18-,19+/m1/s1. The summed E-state index contributed by atoms with van der Waals surface area (Å²) in [6.07, 6.45) is 3.42. The number of carbonyl (C=O) groups excluding carboxylic acids is 2. The Balaban J connectivity index is 1.49. The lowest BCUT2D eigenvalue weighted by Gasteiger charge is -2.18. The fraction of sp³-hybridized carbons (Fsp3) is 0.400. The van der Waals surface area contributed by atoms with Crippen molar-refractivity contribution in [2.24, 2.45) is 11.0 Å². The first kappa shape index (κ1) is 22.6.